The highest BCUT2D eigenvalue weighted by Gasteiger charge is 2.37. The predicted molar refractivity (Wildman–Crippen MR) is 273 cm³/mol. The van der Waals surface area contributed by atoms with Gasteiger partial charge in [-0.1, -0.05) is 172 Å². The van der Waals surface area contributed by atoms with Crippen LogP contribution in [-0.2, 0) is 5.41 Å². The molecule has 10 aromatic carbocycles. The summed E-state index contributed by atoms with van der Waals surface area (Å²) in [6, 6.07) is 81.6. The van der Waals surface area contributed by atoms with Crippen LogP contribution in [0.4, 0.5) is 17.1 Å². The van der Waals surface area contributed by atoms with Gasteiger partial charge in [-0.3, -0.25) is 0 Å². The summed E-state index contributed by atoms with van der Waals surface area (Å²) in [6.45, 7) is 4.75. The predicted octanol–water partition coefficient (Wildman–Crippen LogP) is 16.7. The average Bonchev–Trinajstić information content (AvgIpc) is 4.04. The lowest BCUT2D eigenvalue weighted by atomic mass is 9.82. The smallest absolute Gasteiger partial charge is 0.0542 e. The van der Waals surface area contributed by atoms with Gasteiger partial charge in [-0.15, -0.1) is 0 Å². The van der Waals surface area contributed by atoms with Gasteiger partial charge < -0.3 is 9.47 Å². The van der Waals surface area contributed by atoms with Crippen LogP contribution < -0.4 is 4.90 Å². The first-order valence-corrected chi connectivity index (χ1v) is 22.8. The Labute approximate surface area is 378 Å². The van der Waals surface area contributed by atoms with Gasteiger partial charge in [0.05, 0.1) is 11.0 Å². The lowest BCUT2D eigenvalue weighted by molar-refractivity contribution is 0.660. The minimum absolute atomic E-state index is 0.148. The number of aromatic nitrogens is 1. The molecule has 0 bridgehead atoms. The van der Waals surface area contributed by atoms with Crippen molar-refractivity contribution in [2.45, 2.75) is 19.3 Å². The Balaban J connectivity index is 1.02. The van der Waals surface area contributed by atoms with Gasteiger partial charge in [-0.05, 0) is 149 Å². The second kappa shape index (κ2) is 13.4. The standard InChI is InChI=1S/C63H42N2/c1-63(2)57-25-13-11-20-49(57)50-33-30-44(38-58(50)63)64(43-31-34-60-55(36-43)51-21-12-14-26-59(51)65(60)41-28-27-39-15-3-4-16-40(39)35-41)42-29-32-48-47-19-7-10-24-54(47)62(56(48)37-42)61-52-22-8-5-17-45(52)46-18-6-9-23-53(46)61/h3-38H,1-2H3. The largest absolute Gasteiger partial charge is 0.310 e. The molecule has 14 rings (SSSR count). The van der Waals surface area contributed by atoms with Crippen LogP contribution in [0.2, 0.25) is 0 Å². The van der Waals surface area contributed by atoms with Gasteiger partial charge in [0.1, 0.15) is 0 Å². The molecular formula is C63H42N2. The van der Waals surface area contributed by atoms with E-state index >= 15 is 0 Å². The van der Waals surface area contributed by atoms with E-state index in [4.69, 9.17) is 0 Å². The van der Waals surface area contributed by atoms with Gasteiger partial charge in [0.15, 0.2) is 0 Å². The number of para-hydroxylation sites is 1. The van der Waals surface area contributed by atoms with Crippen molar-refractivity contribution in [2.24, 2.45) is 0 Å². The Morgan fingerprint density at radius 3 is 1.54 bits per heavy atom. The zero-order valence-electron chi connectivity index (χ0n) is 36.2. The third-order valence-electron chi connectivity index (χ3n) is 14.7. The zero-order chi connectivity index (χ0) is 43.0. The van der Waals surface area contributed by atoms with E-state index in [2.05, 4.69) is 242 Å². The van der Waals surface area contributed by atoms with E-state index in [0.29, 0.717) is 0 Å². The van der Waals surface area contributed by atoms with Crippen LogP contribution >= 0.6 is 0 Å². The van der Waals surface area contributed by atoms with E-state index in [1.54, 1.807) is 0 Å². The summed E-state index contributed by atoms with van der Waals surface area (Å²) in [5.74, 6) is 0. The van der Waals surface area contributed by atoms with Crippen LogP contribution in [0.15, 0.2) is 218 Å². The van der Waals surface area contributed by atoms with Crippen molar-refractivity contribution >= 4 is 60.8 Å². The monoisotopic (exact) mass is 826 g/mol. The molecule has 11 aromatic rings. The molecule has 0 saturated heterocycles. The maximum atomic E-state index is 2.50. The molecule has 0 saturated carbocycles. The van der Waals surface area contributed by atoms with E-state index < -0.39 is 0 Å². The summed E-state index contributed by atoms with van der Waals surface area (Å²) in [5.41, 5.74) is 25.1. The molecule has 0 radical (unpaired) electrons. The fraction of sp³-hybridized carbons (Fsp3) is 0.0476. The van der Waals surface area contributed by atoms with Crippen molar-refractivity contribution in [1.82, 2.24) is 4.57 Å². The normalized spacial score (nSPS) is 13.8. The summed E-state index contributed by atoms with van der Waals surface area (Å²) in [4.78, 5) is 2.50. The van der Waals surface area contributed by atoms with Gasteiger partial charge in [-0.2, -0.15) is 0 Å². The van der Waals surface area contributed by atoms with E-state index in [1.807, 2.05) is 0 Å². The molecule has 0 atom stereocenters. The Kier molecular flexibility index (Phi) is 7.49. The number of hydrogen-bond acceptors (Lipinski definition) is 1. The molecule has 1 heterocycles. The first kappa shape index (κ1) is 36.3. The highest BCUT2D eigenvalue weighted by atomic mass is 15.1. The molecule has 3 aliphatic rings. The minimum Gasteiger partial charge on any atom is -0.310 e. The summed E-state index contributed by atoms with van der Waals surface area (Å²) in [6.07, 6.45) is 0. The third-order valence-corrected chi connectivity index (χ3v) is 14.7. The molecule has 2 nitrogen and oxygen atoms in total. The summed E-state index contributed by atoms with van der Waals surface area (Å²) in [7, 11) is 0. The number of hydrogen-bond donors (Lipinski definition) is 0. The number of benzene rings is 10. The minimum atomic E-state index is -0.148. The quantitative estimate of drug-likeness (QED) is 0.172. The van der Waals surface area contributed by atoms with E-state index in [0.717, 1.165) is 22.7 Å². The molecule has 0 amide bonds. The Morgan fingerprint density at radius 2 is 0.815 bits per heavy atom. The van der Waals surface area contributed by atoms with Gasteiger partial charge in [0.2, 0.25) is 0 Å². The van der Waals surface area contributed by atoms with Crippen molar-refractivity contribution in [1.29, 1.82) is 0 Å². The van der Waals surface area contributed by atoms with Gasteiger partial charge in [-0.25, -0.2) is 0 Å². The number of nitrogens with zero attached hydrogens (tertiary/aromatic N) is 2. The number of anilines is 3. The number of fused-ring (bicyclic) bond motifs is 13. The van der Waals surface area contributed by atoms with Crippen LogP contribution in [-0.4, -0.2) is 4.57 Å². The van der Waals surface area contributed by atoms with E-state index in [1.165, 1.54) is 110 Å². The van der Waals surface area contributed by atoms with E-state index in [-0.39, 0.29) is 5.41 Å². The fourth-order valence-electron chi connectivity index (χ4n) is 11.7. The maximum Gasteiger partial charge on any atom is 0.0542 e. The van der Waals surface area contributed by atoms with Gasteiger partial charge >= 0.3 is 0 Å². The molecule has 65 heavy (non-hydrogen) atoms. The molecule has 0 aliphatic heterocycles. The summed E-state index contributed by atoms with van der Waals surface area (Å²) >= 11 is 0. The highest BCUT2D eigenvalue weighted by molar-refractivity contribution is 6.19. The summed E-state index contributed by atoms with van der Waals surface area (Å²) in [5, 5.41) is 4.94. The molecule has 0 unspecified atom stereocenters. The molecule has 0 N–H and O–H groups in total. The zero-order valence-corrected chi connectivity index (χ0v) is 36.2. The number of rotatable bonds is 4. The fourth-order valence-corrected chi connectivity index (χ4v) is 11.7. The van der Waals surface area contributed by atoms with Crippen LogP contribution in [0.5, 0.6) is 0 Å². The molecule has 3 aliphatic carbocycles. The topological polar surface area (TPSA) is 8.17 Å². The Morgan fingerprint density at radius 1 is 0.323 bits per heavy atom. The van der Waals surface area contributed by atoms with Crippen molar-refractivity contribution in [2.75, 3.05) is 4.90 Å². The molecule has 0 spiro atoms. The molecule has 2 heteroatoms. The first-order chi connectivity index (χ1) is 32.0. The second-order valence-electron chi connectivity index (χ2n) is 18.4. The van der Waals surface area contributed by atoms with Crippen molar-refractivity contribution < 1.29 is 0 Å². The SMILES string of the molecule is CC1(C)c2ccccc2-c2ccc(N(c3ccc4c(c3)C(=C3c5ccccc5-c5ccccc53)c3ccccc3-4)c3ccc4c(c3)c3ccccc3n4-c3ccc4ccccc4c3)cc21. The highest BCUT2D eigenvalue weighted by Crippen LogP contribution is 2.56. The molecule has 304 valence electrons. The lowest BCUT2D eigenvalue weighted by Crippen LogP contribution is -2.16. The van der Waals surface area contributed by atoms with Gasteiger partial charge in [0.25, 0.3) is 0 Å². The van der Waals surface area contributed by atoms with Gasteiger partial charge in [0, 0.05) is 38.9 Å². The molecule has 0 fully saturated rings. The second-order valence-corrected chi connectivity index (χ2v) is 18.4. The Hall–Kier alpha value is -8.20. The maximum absolute atomic E-state index is 2.50. The van der Waals surface area contributed by atoms with Crippen LogP contribution in [0, 0.1) is 0 Å². The first-order valence-electron chi connectivity index (χ1n) is 22.8. The van der Waals surface area contributed by atoms with Crippen LogP contribution in [0.3, 0.4) is 0 Å². The lowest BCUT2D eigenvalue weighted by Gasteiger charge is -2.29. The Bertz CT molecular complexity index is 3830. The van der Waals surface area contributed by atoms with Crippen molar-refractivity contribution in [3.8, 4) is 39.1 Å². The van der Waals surface area contributed by atoms with E-state index in [9.17, 15) is 0 Å². The molecular weight excluding hydrogens is 785 g/mol. The summed E-state index contributed by atoms with van der Waals surface area (Å²) < 4.78 is 2.43. The van der Waals surface area contributed by atoms with Crippen LogP contribution in [0.25, 0.3) is 82.8 Å². The van der Waals surface area contributed by atoms with Crippen LogP contribution in [0.1, 0.15) is 47.2 Å². The molecule has 1 aromatic heterocycles. The third kappa shape index (κ3) is 5.11. The van der Waals surface area contributed by atoms with Crippen molar-refractivity contribution in [3.63, 3.8) is 0 Å². The average molecular weight is 827 g/mol. The van der Waals surface area contributed by atoms with Crippen molar-refractivity contribution in [3.05, 3.63) is 252 Å².